The van der Waals surface area contributed by atoms with Gasteiger partial charge in [0, 0.05) is 6.07 Å². The third-order valence-electron chi connectivity index (χ3n) is 3.07. The van der Waals surface area contributed by atoms with Crippen molar-refractivity contribution in [1.29, 1.82) is 0 Å². The van der Waals surface area contributed by atoms with E-state index in [2.05, 4.69) is 10.6 Å². The van der Waals surface area contributed by atoms with Gasteiger partial charge in [-0.25, -0.2) is 0 Å². The molecule has 1 heterocycles. The highest BCUT2D eigenvalue weighted by Gasteiger charge is 2.19. The molecule has 0 aliphatic carbocycles. The van der Waals surface area contributed by atoms with Gasteiger partial charge in [0.1, 0.15) is 5.75 Å². The third-order valence-corrected chi connectivity index (χ3v) is 3.71. The van der Waals surface area contributed by atoms with Crippen LogP contribution in [0.25, 0.3) is 0 Å². The van der Waals surface area contributed by atoms with Crippen molar-refractivity contribution in [3.05, 3.63) is 52.0 Å². The monoisotopic (exact) mass is 336 g/mol. The summed E-state index contributed by atoms with van der Waals surface area (Å²) in [6.45, 7) is -0.0769. The van der Waals surface area contributed by atoms with Crippen LogP contribution in [0.2, 0.25) is 10.0 Å². The second kappa shape index (κ2) is 5.87. The van der Waals surface area contributed by atoms with E-state index < -0.39 is 0 Å². The van der Waals surface area contributed by atoms with Crippen LogP contribution in [0.5, 0.6) is 5.75 Å². The fourth-order valence-corrected chi connectivity index (χ4v) is 2.46. The average Bonchev–Trinajstić information content (AvgIpc) is 2.48. The number of fused-ring (bicyclic) bond motifs is 1. The minimum absolute atomic E-state index is 0.0769. The maximum Gasteiger partial charge on any atom is 0.262 e. The van der Waals surface area contributed by atoms with Crippen LogP contribution in [-0.4, -0.2) is 18.4 Å². The van der Waals surface area contributed by atoms with Gasteiger partial charge in [-0.1, -0.05) is 35.3 Å². The summed E-state index contributed by atoms with van der Waals surface area (Å²) in [6, 6.07) is 9.78. The number of nitrogens with one attached hydrogen (secondary N) is 2. The number of carbonyl (C=O) groups is 2. The fourth-order valence-electron chi connectivity index (χ4n) is 2.03. The second-order valence-corrected chi connectivity index (χ2v) is 5.41. The van der Waals surface area contributed by atoms with Gasteiger partial charge in [0.25, 0.3) is 11.8 Å². The number of ether oxygens (including phenoxy) is 1. The normalized spacial score (nSPS) is 12.9. The van der Waals surface area contributed by atoms with Crippen LogP contribution in [0.4, 0.5) is 11.4 Å². The predicted octanol–water partition coefficient (Wildman–Crippen LogP) is 3.58. The Hall–Kier alpha value is -2.24. The molecule has 5 nitrogen and oxygen atoms in total. The van der Waals surface area contributed by atoms with Crippen molar-refractivity contribution in [3.8, 4) is 5.75 Å². The van der Waals surface area contributed by atoms with E-state index in [-0.39, 0.29) is 23.4 Å². The number of rotatable bonds is 2. The van der Waals surface area contributed by atoms with Crippen LogP contribution in [0.3, 0.4) is 0 Å². The molecule has 2 aromatic carbocycles. The minimum Gasteiger partial charge on any atom is -0.482 e. The molecule has 0 aromatic heterocycles. The molecule has 2 amide bonds. The zero-order chi connectivity index (χ0) is 15.7. The maximum absolute atomic E-state index is 12.2. The van der Waals surface area contributed by atoms with Crippen LogP contribution in [-0.2, 0) is 4.79 Å². The molecule has 2 aromatic rings. The molecule has 112 valence electrons. The van der Waals surface area contributed by atoms with E-state index >= 15 is 0 Å². The Balaban J connectivity index is 1.88. The molecule has 22 heavy (non-hydrogen) atoms. The van der Waals surface area contributed by atoms with Crippen LogP contribution < -0.4 is 15.4 Å². The van der Waals surface area contributed by atoms with Crippen molar-refractivity contribution < 1.29 is 14.3 Å². The highest BCUT2D eigenvalue weighted by molar-refractivity contribution is 6.36. The molecule has 0 spiro atoms. The summed E-state index contributed by atoms with van der Waals surface area (Å²) in [4.78, 5) is 23.5. The SMILES string of the molecule is O=C1COc2cc(NC(=O)c3ccccc3Cl)c(Cl)cc2N1. The number of hydrogen-bond acceptors (Lipinski definition) is 3. The molecule has 0 saturated heterocycles. The molecule has 0 atom stereocenters. The Bertz CT molecular complexity index is 777. The zero-order valence-corrected chi connectivity index (χ0v) is 12.7. The Morgan fingerprint density at radius 3 is 2.73 bits per heavy atom. The maximum atomic E-state index is 12.2. The summed E-state index contributed by atoms with van der Waals surface area (Å²) in [6.07, 6.45) is 0. The van der Waals surface area contributed by atoms with Gasteiger partial charge < -0.3 is 15.4 Å². The summed E-state index contributed by atoms with van der Waals surface area (Å²) >= 11 is 12.1. The molecule has 0 unspecified atom stereocenters. The first kappa shape index (κ1) is 14.7. The molecular formula is C15H10Cl2N2O3. The van der Waals surface area contributed by atoms with Gasteiger partial charge in [-0.3, -0.25) is 9.59 Å². The summed E-state index contributed by atoms with van der Waals surface area (Å²) in [7, 11) is 0. The summed E-state index contributed by atoms with van der Waals surface area (Å²) in [5.74, 6) is -0.192. The van der Waals surface area contributed by atoms with E-state index in [9.17, 15) is 9.59 Å². The second-order valence-electron chi connectivity index (χ2n) is 4.60. The molecule has 7 heteroatoms. The van der Waals surface area contributed by atoms with Gasteiger partial charge in [0.05, 0.1) is 27.0 Å². The highest BCUT2D eigenvalue weighted by atomic mass is 35.5. The minimum atomic E-state index is -0.382. The van der Waals surface area contributed by atoms with E-state index in [4.69, 9.17) is 27.9 Å². The van der Waals surface area contributed by atoms with E-state index in [1.165, 1.54) is 6.07 Å². The number of hydrogen-bond donors (Lipinski definition) is 2. The molecule has 0 radical (unpaired) electrons. The molecule has 0 saturated carbocycles. The summed E-state index contributed by atoms with van der Waals surface area (Å²) in [5.41, 5.74) is 1.19. The average molecular weight is 337 g/mol. The van der Waals surface area contributed by atoms with Crippen molar-refractivity contribution in [2.75, 3.05) is 17.2 Å². The van der Waals surface area contributed by atoms with Gasteiger partial charge in [-0.15, -0.1) is 0 Å². The Kier molecular flexibility index (Phi) is 3.92. The Labute approximate surface area is 136 Å². The van der Waals surface area contributed by atoms with Crippen LogP contribution in [0.1, 0.15) is 10.4 Å². The quantitative estimate of drug-likeness (QED) is 0.880. The van der Waals surface area contributed by atoms with Crippen molar-refractivity contribution in [2.45, 2.75) is 0 Å². The number of anilines is 2. The summed E-state index contributed by atoms with van der Waals surface area (Å²) < 4.78 is 5.29. The Morgan fingerprint density at radius 1 is 1.18 bits per heavy atom. The van der Waals surface area contributed by atoms with E-state index in [0.29, 0.717) is 27.7 Å². The van der Waals surface area contributed by atoms with Crippen molar-refractivity contribution >= 4 is 46.4 Å². The standard InChI is InChI=1S/C15H10Cl2N2O3/c16-9-4-2-1-3-8(9)15(21)19-11-6-13-12(5-10(11)17)18-14(20)7-22-13/h1-6H,7H2,(H,18,20)(H,19,21). The number of benzene rings is 2. The molecular weight excluding hydrogens is 327 g/mol. The lowest BCUT2D eigenvalue weighted by molar-refractivity contribution is -0.118. The first-order valence-electron chi connectivity index (χ1n) is 6.36. The Morgan fingerprint density at radius 2 is 1.95 bits per heavy atom. The fraction of sp³-hybridized carbons (Fsp3) is 0.0667. The van der Waals surface area contributed by atoms with Gasteiger partial charge in [-0.05, 0) is 18.2 Å². The first-order chi connectivity index (χ1) is 10.5. The summed E-state index contributed by atoms with van der Waals surface area (Å²) in [5, 5.41) is 5.95. The van der Waals surface area contributed by atoms with Gasteiger partial charge in [0.15, 0.2) is 6.61 Å². The van der Waals surface area contributed by atoms with Crippen LogP contribution in [0.15, 0.2) is 36.4 Å². The number of halogens is 2. The number of carbonyl (C=O) groups excluding carboxylic acids is 2. The van der Waals surface area contributed by atoms with Gasteiger partial charge in [0.2, 0.25) is 0 Å². The predicted molar refractivity (Wildman–Crippen MR) is 85.0 cm³/mol. The first-order valence-corrected chi connectivity index (χ1v) is 7.12. The third kappa shape index (κ3) is 2.86. The molecule has 1 aliphatic rings. The number of amides is 2. The van der Waals surface area contributed by atoms with Gasteiger partial charge >= 0.3 is 0 Å². The molecule has 0 bridgehead atoms. The molecule has 2 N–H and O–H groups in total. The molecule has 3 rings (SSSR count). The lowest BCUT2D eigenvalue weighted by Crippen LogP contribution is -2.25. The van der Waals surface area contributed by atoms with Crippen LogP contribution in [0, 0.1) is 0 Å². The largest absolute Gasteiger partial charge is 0.482 e. The highest BCUT2D eigenvalue weighted by Crippen LogP contribution is 2.36. The zero-order valence-electron chi connectivity index (χ0n) is 11.2. The van der Waals surface area contributed by atoms with E-state index in [1.54, 1.807) is 30.3 Å². The van der Waals surface area contributed by atoms with Crippen molar-refractivity contribution in [2.24, 2.45) is 0 Å². The smallest absolute Gasteiger partial charge is 0.262 e. The van der Waals surface area contributed by atoms with Crippen molar-refractivity contribution in [1.82, 2.24) is 0 Å². The lowest BCUT2D eigenvalue weighted by atomic mass is 10.2. The molecule has 1 aliphatic heterocycles. The van der Waals surface area contributed by atoms with Crippen LogP contribution >= 0.6 is 23.2 Å². The van der Waals surface area contributed by atoms with Gasteiger partial charge in [-0.2, -0.15) is 0 Å². The van der Waals surface area contributed by atoms with E-state index in [1.807, 2.05) is 0 Å². The van der Waals surface area contributed by atoms with E-state index in [0.717, 1.165) is 0 Å². The topological polar surface area (TPSA) is 67.4 Å². The lowest BCUT2D eigenvalue weighted by Gasteiger charge is -2.19. The molecule has 0 fully saturated rings. The van der Waals surface area contributed by atoms with Crippen molar-refractivity contribution in [3.63, 3.8) is 0 Å².